The third kappa shape index (κ3) is 3.51. The molecule has 0 saturated carbocycles. The summed E-state index contributed by atoms with van der Waals surface area (Å²) in [6.07, 6.45) is 0.892. The smallest absolute Gasteiger partial charge is 0.251 e. The van der Waals surface area contributed by atoms with Crippen LogP contribution in [0.4, 0.5) is 5.69 Å². The Morgan fingerprint density at radius 2 is 2.12 bits per heavy atom. The quantitative estimate of drug-likeness (QED) is 0.884. The number of carbonyl (C=O) groups excluding carboxylic acids is 1. The van der Waals surface area contributed by atoms with Crippen molar-refractivity contribution in [2.24, 2.45) is 0 Å². The van der Waals surface area contributed by atoms with E-state index in [9.17, 15) is 9.90 Å². The molecule has 1 amide bonds. The predicted molar refractivity (Wildman–Crippen MR) is 93.4 cm³/mol. The number of anilines is 1. The molecule has 1 aliphatic rings. The van der Waals surface area contributed by atoms with Gasteiger partial charge in [0.15, 0.2) is 0 Å². The van der Waals surface area contributed by atoms with Crippen LogP contribution in [0.1, 0.15) is 22.3 Å². The van der Waals surface area contributed by atoms with E-state index in [1.807, 2.05) is 24.3 Å². The Hall–Kier alpha value is -2.53. The molecule has 24 heavy (non-hydrogen) atoms. The van der Waals surface area contributed by atoms with Crippen LogP contribution < -0.4 is 15.0 Å². The van der Waals surface area contributed by atoms with Crippen molar-refractivity contribution in [2.75, 3.05) is 25.1 Å². The van der Waals surface area contributed by atoms with Gasteiger partial charge in [-0.2, -0.15) is 0 Å². The van der Waals surface area contributed by atoms with Gasteiger partial charge in [0.25, 0.3) is 5.91 Å². The van der Waals surface area contributed by atoms with Crippen LogP contribution in [0.15, 0.2) is 48.5 Å². The SMILES string of the molecule is COc1ccccc1N1CCC(NC(=O)c2cccc(CO)c2)C1. The summed E-state index contributed by atoms with van der Waals surface area (Å²) < 4.78 is 5.42. The molecule has 126 valence electrons. The van der Waals surface area contributed by atoms with Crippen LogP contribution in [0.2, 0.25) is 0 Å². The topological polar surface area (TPSA) is 61.8 Å². The summed E-state index contributed by atoms with van der Waals surface area (Å²) in [5.41, 5.74) is 2.38. The van der Waals surface area contributed by atoms with Crippen molar-refractivity contribution in [2.45, 2.75) is 19.1 Å². The number of para-hydroxylation sites is 2. The molecule has 2 aromatic carbocycles. The first kappa shape index (κ1) is 16.3. The molecule has 1 saturated heterocycles. The number of hydrogen-bond acceptors (Lipinski definition) is 4. The Morgan fingerprint density at radius 3 is 2.92 bits per heavy atom. The second-order valence-corrected chi connectivity index (χ2v) is 5.94. The number of amides is 1. The summed E-state index contributed by atoms with van der Waals surface area (Å²) in [7, 11) is 1.67. The van der Waals surface area contributed by atoms with Crippen molar-refractivity contribution >= 4 is 11.6 Å². The maximum absolute atomic E-state index is 12.4. The van der Waals surface area contributed by atoms with Gasteiger partial charge in [0.1, 0.15) is 5.75 Å². The van der Waals surface area contributed by atoms with Crippen molar-refractivity contribution in [1.82, 2.24) is 5.32 Å². The molecule has 0 aliphatic carbocycles. The molecule has 0 spiro atoms. The highest BCUT2D eigenvalue weighted by Crippen LogP contribution is 2.30. The molecule has 0 aromatic heterocycles. The van der Waals surface area contributed by atoms with Gasteiger partial charge in [-0.25, -0.2) is 0 Å². The van der Waals surface area contributed by atoms with Gasteiger partial charge < -0.3 is 20.1 Å². The van der Waals surface area contributed by atoms with Gasteiger partial charge in [0, 0.05) is 24.7 Å². The van der Waals surface area contributed by atoms with Crippen molar-refractivity contribution in [3.8, 4) is 5.75 Å². The van der Waals surface area contributed by atoms with E-state index in [2.05, 4.69) is 10.2 Å². The van der Waals surface area contributed by atoms with E-state index in [1.54, 1.807) is 31.4 Å². The number of nitrogens with one attached hydrogen (secondary N) is 1. The fraction of sp³-hybridized carbons (Fsp3) is 0.316. The van der Waals surface area contributed by atoms with Gasteiger partial charge in [0.2, 0.25) is 0 Å². The monoisotopic (exact) mass is 326 g/mol. The lowest BCUT2D eigenvalue weighted by Gasteiger charge is -2.21. The first-order valence-corrected chi connectivity index (χ1v) is 8.10. The van der Waals surface area contributed by atoms with Gasteiger partial charge in [0.05, 0.1) is 19.4 Å². The van der Waals surface area contributed by atoms with Crippen molar-refractivity contribution in [3.05, 3.63) is 59.7 Å². The number of hydrogen-bond donors (Lipinski definition) is 2. The van der Waals surface area contributed by atoms with E-state index >= 15 is 0 Å². The van der Waals surface area contributed by atoms with Crippen LogP contribution in [0.5, 0.6) is 5.75 Å². The molecule has 1 atom stereocenters. The van der Waals surface area contributed by atoms with E-state index < -0.39 is 0 Å². The van der Waals surface area contributed by atoms with E-state index in [0.717, 1.165) is 36.5 Å². The van der Waals surface area contributed by atoms with E-state index in [-0.39, 0.29) is 18.6 Å². The minimum Gasteiger partial charge on any atom is -0.495 e. The first-order valence-electron chi connectivity index (χ1n) is 8.10. The number of rotatable bonds is 5. The normalized spacial score (nSPS) is 16.9. The minimum atomic E-state index is -0.0998. The molecular formula is C19H22N2O3. The highest BCUT2D eigenvalue weighted by atomic mass is 16.5. The molecular weight excluding hydrogens is 304 g/mol. The number of aliphatic hydroxyl groups excluding tert-OH is 1. The second-order valence-electron chi connectivity index (χ2n) is 5.94. The van der Waals surface area contributed by atoms with E-state index in [0.29, 0.717) is 5.56 Å². The van der Waals surface area contributed by atoms with Crippen LogP contribution >= 0.6 is 0 Å². The van der Waals surface area contributed by atoms with Crippen molar-refractivity contribution < 1.29 is 14.6 Å². The van der Waals surface area contributed by atoms with Crippen LogP contribution in [0.25, 0.3) is 0 Å². The fourth-order valence-electron chi connectivity index (χ4n) is 3.07. The van der Waals surface area contributed by atoms with Crippen LogP contribution in [0, 0.1) is 0 Å². The summed E-state index contributed by atoms with van der Waals surface area (Å²) >= 11 is 0. The zero-order chi connectivity index (χ0) is 16.9. The Bertz CT molecular complexity index is 717. The molecule has 1 unspecified atom stereocenters. The van der Waals surface area contributed by atoms with E-state index in [4.69, 9.17) is 4.74 Å². The zero-order valence-corrected chi connectivity index (χ0v) is 13.7. The highest BCUT2D eigenvalue weighted by molar-refractivity contribution is 5.94. The molecule has 1 aliphatic heterocycles. The molecule has 2 N–H and O–H groups in total. The number of carbonyl (C=O) groups is 1. The van der Waals surface area contributed by atoms with E-state index in [1.165, 1.54) is 0 Å². The number of methoxy groups -OCH3 is 1. The molecule has 1 fully saturated rings. The van der Waals surface area contributed by atoms with Gasteiger partial charge in [-0.3, -0.25) is 4.79 Å². The van der Waals surface area contributed by atoms with Crippen LogP contribution in [-0.2, 0) is 6.61 Å². The summed E-state index contributed by atoms with van der Waals surface area (Å²) in [6.45, 7) is 1.57. The molecule has 5 nitrogen and oxygen atoms in total. The lowest BCUT2D eigenvalue weighted by atomic mass is 10.1. The largest absolute Gasteiger partial charge is 0.495 e. The van der Waals surface area contributed by atoms with Crippen molar-refractivity contribution in [3.63, 3.8) is 0 Å². The average Bonchev–Trinajstić information content (AvgIpc) is 3.10. The molecule has 1 heterocycles. The highest BCUT2D eigenvalue weighted by Gasteiger charge is 2.26. The Kier molecular flexibility index (Phi) is 5.01. The standard InChI is InChI=1S/C19H22N2O3/c1-24-18-8-3-2-7-17(18)21-10-9-16(12-21)20-19(23)15-6-4-5-14(11-15)13-22/h2-8,11,16,22H,9-10,12-13H2,1H3,(H,20,23). The molecule has 0 radical (unpaired) electrons. The lowest BCUT2D eigenvalue weighted by Crippen LogP contribution is -2.37. The maximum Gasteiger partial charge on any atom is 0.251 e. The predicted octanol–water partition coefficient (Wildman–Crippen LogP) is 2.20. The van der Waals surface area contributed by atoms with Gasteiger partial charge >= 0.3 is 0 Å². The Balaban J connectivity index is 1.64. The number of nitrogens with zero attached hydrogens (tertiary/aromatic N) is 1. The Labute approximate surface area is 141 Å². The number of aliphatic hydroxyl groups is 1. The molecule has 5 heteroatoms. The summed E-state index contributed by atoms with van der Waals surface area (Å²) in [5.74, 6) is 0.748. The minimum absolute atomic E-state index is 0.0634. The van der Waals surface area contributed by atoms with Crippen LogP contribution in [0.3, 0.4) is 0 Å². The third-order valence-electron chi connectivity index (χ3n) is 4.32. The summed E-state index contributed by atoms with van der Waals surface area (Å²) in [4.78, 5) is 14.6. The van der Waals surface area contributed by atoms with Crippen molar-refractivity contribution in [1.29, 1.82) is 0 Å². The third-order valence-corrected chi connectivity index (χ3v) is 4.32. The average molecular weight is 326 g/mol. The molecule has 0 bridgehead atoms. The second kappa shape index (κ2) is 7.36. The number of ether oxygens (including phenoxy) is 1. The van der Waals surface area contributed by atoms with Gasteiger partial charge in [-0.05, 0) is 36.2 Å². The molecule has 3 rings (SSSR count). The lowest BCUT2D eigenvalue weighted by molar-refractivity contribution is 0.0940. The molecule has 2 aromatic rings. The van der Waals surface area contributed by atoms with Gasteiger partial charge in [-0.15, -0.1) is 0 Å². The Morgan fingerprint density at radius 1 is 1.29 bits per heavy atom. The fourth-order valence-corrected chi connectivity index (χ4v) is 3.07. The summed E-state index contributed by atoms with van der Waals surface area (Å²) in [5, 5.41) is 12.3. The maximum atomic E-state index is 12.4. The number of benzene rings is 2. The first-order chi connectivity index (χ1) is 11.7. The summed E-state index contributed by atoms with van der Waals surface area (Å²) in [6, 6.07) is 15.1. The van der Waals surface area contributed by atoms with Gasteiger partial charge in [-0.1, -0.05) is 24.3 Å². The van der Waals surface area contributed by atoms with Crippen LogP contribution in [-0.4, -0.2) is 37.3 Å². The zero-order valence-electron chi connectivity index (χ0n) is 13.7.